The van der Waals surface area contributed by atoms with Gasteiger partial charge in [-0.05, 0) is 71.6 Å². The van der Waals surface area contributed by atoms with Crippen molar-refractivity contribution < 1.29 is 9.53 Å². The largest absolute Gasteiger partial charge is 0.490 e. The van der Waals surface area contributed by atoms with Gasteiger partial charge in [-0.15, -0.1) is 0 Å². The van der Waals surface area contributed by atoms with E-state index >= 15 is 0 Å². The van der Waals surface area contributed by atoms with Crippen molar-refractivity contribution in [1.29, 1.82) is 0 Å². The zero-order valence-electron chi connectivity index (χ0n) is 17.6. The molecule has 2 heterocycles. The van der Waals surface area contributed by atoms with Crippen LogP contribution in [0.3, 0.4) is 0 Å². The topological polar surface area (TPSA) is 62.4 Å². The van der Waals surface area contributed by atoms with Crippen molar-refractivity contribution in [3.8, 4) is 5.75 Å². The fourth-order valence-corrected chi connectivity index (χ4v) is 4.78. The summed E-state index contributed by atoms with van der Waals surface area (Å²) in [6, 6.07) is 6.67. The molecule has 150 valence electrons. The first-order valence-corrected chi connectivity index (χ1v) is 10.1. The van der Waals surface area contributed by atoms with E-state index in [0.717, 1.165) is 25.0 Å². The van der Waals surface area contributed by atoms with Crippen LogP contribution in [0.4, 0.5) is 0 Å². The highest BCUT2D eigenvalue weighted by Gasteiger charge is 2.38. The zero-order chi connectivity index (χ0) is 19.8. The Kier molecular flexibility index (Phi) is 5.55. The molecule has 1 fully saturated rings. The third kappa shape index (κ3) is 5.23. The Bertz CT molecular complexity index is 683. The maximum absolute atomic E-state index is 12.5. The van der Waals surface area contributed by atoms with Crippen LogP contribution >= 0.6 is 0 Å². The molecule has 2 atom stereocenters. The first-order chi connectivity index (χ1) is 12.5. The smallest absolute Gasteiger partial charge is 0.234 e. The number of nitrogens with one attached hydrogen (secondary N) is 3. The van der Waals surface area contributed by atoms with E-state index < -0.39 is 0 Å². The molecule has 1 saturated heterocycles. The quantitative estimate of drug-likeness (QED) is 0.742. The zero-order valence-corrected chi connectivity index (χ0v) is 17.6. The highest BCUT2D eigenvalue weighted by atomic mass is 16.5. The lowest BCUT2D eigenvalue weighted by Crippen LogP contribution is -2.62. The van der Waals surface area contributed by atoms with E-state index in [2.05, 4.69) is 69.6 Å². The van der Waals surface area contributed by atoms with Crippen molar-refractivity contribution >= 4 is 5.91 Å². The average Bonchev–Trinajstić information content (AvgIpc) is 2.88. The lowest BCUT2D eigenvalue weighted by molar-refractivity contribution is -0.121. The van der Waals surface area contributed by atoms with Gasteiger partial charge in [-0.3, -0.25) is 4.79 Å². The number of benzene rings is 1. The Morgan fingerprint density at radius 1 is 1.26 bits per heavy atom. The van der Waals surface area contributed by atoms with Gasteiger partial charge in [-0.25, -0.2) is 0 Å². The van der Waals surface area contributed by atoms with Crippen LogP contribution in [0.15, 0.2) is 18.2 Å². The maximum atomic E-state index is 12.5. The molecule has 5 heteroatoms. The lowest BCUT2D eigenvalue weighted by atomic mass is 9.79. The van der Waals surface area contributed by atoms with Gasteiger partial charge < -0.3 is 20.7 Å². The normalized spacial score (nSPS) is 24.7. The van der Waals surface area contributed by atoms with E-state index in [-0.39, 0.29) is 35.2 Å². The number of carbonyl (C=O) groups excluding carboxylic acids is 1. The van der Waals surface area contributed by atoms with E-state index in [4.69, 9.17) is 4.74 Å². The Morgan fingerprint density at radius 2 is 1.93 bits per heavy atom. The van der Waals surface area contributed by atoms with Gasteiger partial charge in [0.15, 0.2) is 0 Å². The van der Waals surface area contributed by atoms with Gasteiger partial charge in [0.2, 0.25) is 5.91 Å². The fraction of sp³-hybridized carbons (Fsp3) is 0.682. The molecular weight excluding hydrogens is 338 g/mol. The van der Waals surface area contributed by atoms with Crippen LogP contribution in [-0.2, 0) is 11.2 Å². The van der Waals surface area contributed by atoms with Gasteiger partial charge in [-0.2, -0.15) is 0 Å². The molecular formula is C22H35N3O2. The number of carbonyl (C=O) groups is 1. The minimum Gasteiger partial charge on any atom is -0.490 e. The standard InChI is InChI=1S/C22H35N3O2/c1-14-9-17-10-16(7-8-19(17)27-14)15(2)23-13-20(26)24-18-11-21(3,4)25-22(5,6)12-18/h7-8,10,14-15,18,23,25H,9,11-13H2,1-6H3,(H,24,26)/t14?,15-/m1/s1. The molecule has 1 aromatic rings. The molecule has 1 amide bonds. The van der Waals surface area contributed by atoms with Crippen LogP contribution in [0, 0.1) is 0 Å². The summed E-state index contributed by atoms with van der Waals surface area (Å²) < 4.78 is 5.77. The van der Waals surface area contributed by atoms with Crippen LogP contribution < -0.4 is 20.7 Å². The van der Waals surface area contributed by atoms with E-state index in [1.54, 1.807) is 0 Å². The van der Waals surface area contributed by atoms with Crippen molar-refractivity contribution in [3.05, 3.63) is 29.3 Å². The lowest BCUT2D eigenvalue weighted by Gasteiger charge is -2.46. The molecule has 0 saturated carbocycles. The molecule has 0 spiro atoms. The van der Waals surface area contributed by atoms with Gasteiger partial charge in [0.05, 0.1) is 6.54 Å². The molecule has 3 rings (SSSR count). The van der Waals surface area contributed by atoms with E-state index in [0.29, 0.717) is 6.54 Å². The van der Waals surface area contributed by atoms with E-state index in [1.165, 1.54) is 11.1 Å². The van der Waals surface area contributed by atoms with Crippen molar-refractivity contribution in [1.82, 2.24) is 16.0 Å². The SMILES string of the molecule is CC1Cc2cc([C@@H](C)NCC(=O)NC3CC(C)(C)NC(C)(C)C3)ccc2O1. The van der Waals surface area contributed by atoms with Gasteiger partial charge in [0, 0.05) is 29.6 Å². The number of hydrogen-bond acceptors (Lipinski definition) is 4. The molecule has 0 radical (unpaired) electrons. The Balaban J connectivity index is 1.51. The van der Waals surface area contributed by atoms with E-state index in [1.807, 2.05) is 6.07 Å². The second kappa shape index (κ2) is 7.44. The van der Waals surface area contributed by atoms with Gasteiger partial charge in [-0.1, -0.05) is 12.1 Å². The number of ether oxygens (including phenoxy) is 1. The third-order valence-corrected chi connectivity index (χ3v) is 5.54. The molecule has 3 N–H and O–H groups in total. The number of fused-ring (bicyclic) bond motifs is 1. The molecule has 0 bridgehead atoms. The first-order valence-electron chi connectivity index (χ1n) is 10.1. The van der Waals surface area contributed by atoms with Crippen LogP contribution in [0.5, 0.6) is 5.75 Å². The summed E-state index contributed by atoms with van der Waals surface area (Å²) in [7, 11) is 0. The molecule has 27 heavy (non-hydrogen) atoms. The van der Waals surface area contributed by atoms with Crippen molar-refractivity contribution in [2.24, 2.45) is 0 Å². The molecule has 1 aromatic carbocycles. The van der Waals surface area contributed by atoms with Gasteiger partial charge >= 0.3 is 0 Å². The van der Waals surface area contributed by atoms with Crippen LogP contribution in [0.2, 0.25) is 0 Å². The summed E-state index contributed by atoms with van der Waals surface area (Å²) in [5.74, 6) is 1.06. The highest BCUT2D eigenvalue weighted by molar-refractivity contribution is 5.78. The summed E-state index contributed by atoms with van der Waals surface area (Å²) in [6.07, 6.45) is 3.10. The molecule has 0 aliphatic carbocycles. The summed E-state index contributed by atoms with van der Waals surface area (Å²) in [4.78, 5) is 12.5. The van der Waals surface area contributed by atoms with Crippen molar-refractivity contribution in [3.63, 3.8) is 0 Å². The Hall–Kier alpha value is -1.59. The minimum atomic E-state index is 0.0318. The summed E-state index contributed by atoms with van der Waals surface area (Å²) in [5.41, 5.74) is 2.52. The molecule has 5 nitrogen and oxygen atoms in total. The van der Waals surface area contributed by atoms with Crippen LogP contribution in [0.1, 0.15) is 71.6 Å². The average molecular weight is 374 g/mol. The van der Waals surface area contributed by atoms with Gasteiger partial charge in [0.25, 0.3) is 0 Å². The molecule has 0 aromatic heterocycles. The summed E-state index contributed by atoms with van der Waals surface area (Å²) in [5, 5.41) is 10.2. The Labute approximate surface area is 163 Å². The molecule has 2 aliphatic rings. The predicted molar refractivity (Wildman–Crippen MR) is 109 cm³/mol. The molecule has 2 aliphatic heterocycles. The van der Waals surface area contributed by atoms with Crippen LogP contribution in [-0.4, -0.2) is 35.7 Å². The van der Waals surface area contributed by atoms with E-state index in [9.17, 15) is 4.79 Å². The second-order valence-electron chi connectivity index (χ2n) is 9.67. The van der Waals surface area contributed by atoms with Crippen LogP contribution in [0.25, 0.3) is 0 Å². The third-order valence-electron chi connectivity index (χ3n) is 5.54. The number of rotatable bonds is 5. The first kappa shape index (κ1) is 20.2. The summed E-state index contributed by atoms with van der Waals surface area (Å²) in [6.45, 7) is 13.3. The molecule has 1 unspecified atom stereocenters. The Morgan fingerprint density at radius 3 is 2.59 bits per heavy atom. The monoisotopic (exact) mass is 373 g/mol. The van der Waals surface area contributed by atoms with Crippen molar-refractivity contribution in [2.75, 3.05) is 6.54 Å². The maximum Gasteiger partial charge on any atom is 0.234 e. The highest BCUT2D eigenvalue weighted by Crippen LogP contribution is 2.31. The van der Waals surface area contributed by atoms with Crippen molar-refractivity contribution in [2.45, 2.75) is 90.1 Å². The number of piperidine rings is 1. The minimum absolute atomic E-state index is 0.0318. The van der Waals surface area contributed by atoms with Gasteiger partial charge in [0.1, 0.15) is 11.9 Å². The summed E-state index contributed by atoms with van der Waals surface area (Å²) >= 11 is 0. The number of hydrogen-bond donors (Lipinski definition) is 3. The fourth-order valence-electron chi connectivity index (χ4n) is 4.78. The predicted octanol–water partition coefficient (Wildman–Crippen LogP) is 3.09. The second-order valence-corrected chi connectivity index (χ2v) is 9.67. The number of amides is 1.